The number of para-hydroxylation sites is 1. The van der Waals surface area contributed by atoms with Crippen LogP contribution < -0.4 is 5.32 Å². The molecule has 0 aliphatic carbocycles. The standard InChI is InChI=1S/C20H17N3O4S/c1-15-7-13-19(14-8-15)28(25,26)27-23-22-18-11-9-16(10-12-18)20(24)21-17-5-3-2-4-6-17/h2-14H,1H3,(H,21,24). The van der Waals surface area contributed by atoms with Crippen LogP contribution in [-0.4, -0.2) is 14.3 Å². The molecule has 0 aliphatic heterocycles. The number of nitrogens with one attached hydrogen (secondary N) is 1. The predicted molar refractivity (Wildman–Crippen MR) is 105 cm³/mol. The molecule has 8 heteroatoms. The summed E-state index contributed by atoms with van der Waals surface area (Å²) < 4.78 is 28.6. The van der Waals surface area contributed by atoms with Crippen LogP contribution >= 0.6 is 0 Å². The van der Waals surface area contributed by atoms with Gasteiger partial charge in [-0.15, -0.1) is 5.11 Å². The van der Waals surface area contributed by atoms with Crippen LogP contribution in [-0.2, 0) is 14.4 Å². The van der Waals surface area contributed by atoms with Gasteiger partial charge in [0.15, 0.2) is 0 Å². The van der Waals surface area contributed by atoms with Crippen molar-refractivity contribution in [2.75, 3.05) is 5.32 Å². The molecular formula is C20H17N3O4S. The maximum Gasteiger partial charge on any atom is 0.359 e. The van der Waals surface area contributed by atoms with Crippen LogP contribution in [0.25, 0.3) is 0 Å². The van der Waals surface area contributed by atoms with Gasteiger partial charge < -0.3 is 5.32 Å². The zero-order chi connectivity index (χ0) is 20.0. The van der Waals surface area contributed by atoms with Crippen LogP contribution in [0.5, 0.6) is 0 Å². The molecule has 0 saturated heterocycles. The van der Waals surface area contributed by atoms with Crippen molar-refractivity contribution in [1.82, 2.24) is 0 Å². The van der Waals surface area contributed by atoms with Crippen molar-refractivity contribution >= 4 is 27.4 Å². The van der Waals surface area contributed by atoms with E-state index in [4.69, 9.17) is 0 Å². The van der Waals surface area contributed by atoms with E-state index in [2.05, 4.69) is 20.0 Å². The number of anilines is 1. The van der Waals surface area contributed by atoms with Gasteiger partial charge in [0.05, 0.1) is 5.69 Å². The van der Waals surface area contributed by atoms with E-state index in [1.165, 1.54) is 24.3 Å². The molecule has 0 saturated carbocycles. The molecule has 0 fully saturated rings. The van der Waals surface area contributed by atoms with E-state index in [1.54, 1.807) is 36.4 Å². The molecule has 3 aromatic carbocycles. The highest BCUT2D eigenvalue weighted by atomic mass is 32.2. The normalized spacial score (nSPS) is 11.3. The number of carbonyl (C=O) groups is 1. The van der Waals surface area contributed by atoms with Crippen molar-refractivity contribution in [2.45, 2.75) is 11.8 Å². The number of amides is 1. The third-order valence-corrected chi connectivity index (χ3v) is 4.87. The van der Waals surface area contributed by atoms with Gasteiger partial charge in [0.1, 0.15) is 4.90 Å². The Morgan fingerprint density at radius 2 is 1.54 bits per heavy atom. The number of aryl methyl sites for hydroxylation is 1. The lowest BCUT2D eigenvalue weighted by Gasteiger charge is -2.04. The van der Waals surface area contributed by atoms with Gasteiger partial charge in [0.2, 0.25) is 0 Å². The fourth-order valence-corrected chi connectivity index (χ4v) is 2.94. The van der Waals surface area contributed by atoms with Gasteiger partial charge in [-0.25, -0.2) is 4.28 Å². The molecular weight excluding hydrogens is 378 g/mol. The Bertz CT molecular complexity index is 1080. The quantitative estimate of drug-likeness (QED) is 0.485. The van der Waals surface area contributed by atoms with Crippen molar-refractivity contribution in [2.24, 2.45) is 10.4 Å². The molecule has 0 unspecified atom stereocenters. The van der Waals surface area contributed by atoms with E-state index in [0.29, 0.717) is 16.9 Å². The maximum atomic E-state index is 12.2. The van der Waals surface area contributed by atoms with Crippen LogP contribution in [0.1, 0.15) is 15.9 Å². The lowest BCUT2D eigenvalue weighted by Crippen LogP contribution is -2.11. The van der Waals surface area contributed by atoms with Crippen molar-refractivity contribution in [3.05, 3.63) is 90.0 Å². The summed E-state index contributed by atoms with van der Waals surface area (Å²) >= 11 is 0. The van der Waals surface area contributed by atoms with Crippen molar-refractivity contribution in [3.63, 3.8) is 0 Å². The molecule has 7 nitrogen and oxygen atoms in total. The van der Waals surface area contributed by atoms with E-state index in [-0.39, 0.29) is 10.8 Å². The van der Waals surface area contributed by atoms with E-state index >= 15 is 0 Å². The van der Waals surface area contributed by atoms with E-state index in [0.717, 1.165) is 5.56 Å². The summed E-state index contributed by atoms with van der Waals surface area (Å²) in [7, 11) is -4.03. The third kappa shape index (κ3) is 5.01. The van der Waals surface area contributed by atoms with Crippen molar-refractivity contribution in [3.8, 4) is 0 Å². The lowest BCUT2D eigenvalue weighted by molar-refractivity contribution is 0.102. The van der Waals surface area contributed by atoms with Gasteiger partial charge in [-0.3, -0.25) is 4.79 Å². The van der Waals surface area contributed by atoms with E-state index in [9.17, 15) is 13.2 Å². The lowest BCUT2D eigenvalue weighted by atomic mass is 10.2. The zero-order valence-electron chi connectivity index (χ0n) is 14.9. The Kier molecular flexibility index (Phi) is 5.81. The summed E-state index contributed by atoms with van der Waals surface area (Å²) in [6.07, 6.45) is 0. The molecule has 0 aromatic heterocycles. The number of benzene rings is 3. The molecule has 142 valence electrons. The number of hydrogen-bond donors (Lipinski definition) is 1. The van der Waals surface area contributed by atoms with Gasteiger partial charge >= 0.3 is 10.1 Å². The molecule has 28 heavy (non-hydrogen) atoms. The first kappa shape index (κ1) is 19.2. The van der Waals surface area contributed by atoms with Crippen LogP contribution in [0.3, 0.4) is 0 Å². The fraction of sp³-hybridized carbons (Fsp3) is 0.0500. The van der Waals surface area contributed by atoms with Gasteiger partial charge in [0.25, 0.3) is 5.91 Å². The molecule has 0 bridgehead atoms. The molecule has 0 heterocycles. The first-order valence-electron chi connectivity index (χ1n) is 8.32. The fourth-order valence-electron chi connectivity index (χ4n) is 2.26. The summed E-state index contributed by atoms with van der Waals surface area (Å²) in [5, 5.41) is 9.77. The minimum absolute atomic E-state index is 0.00928. The van der Waals surface area contributed by atoms with Crippen LogP contribution in [0.4, 0.5) is 11.4 Å². The molecule has 3 aromatic rings. The van der Waals surface area contributed by atoms with Crippen molar-refractivity contribution < 1.29 is 17.5 Å². The van der Waals surface area contributed by atoms with Gasteiger partial charge in [0, 0.05) is 16.5 Å². The SMILES string of the molecule is Cc1ccc(S(=O)(=O)ON=Nc2ccc(C(=O)Nc3ccccc3)cc2)cc1. The Balaban J connectivity index is 1.62. The van der Waals surface area contributed by atoms with Crippen LogP contribution in [0.2, 0.25) is 0 Å². The highest BCUT2D eigenvalue weighted by molar-refractivity contribution is 7.86. The highest BCUT2D eigenvalue weighted by Gasteiger charge is 2.15. The summed E-state index contributed by atoms with van der Waals surface area (Å²) in [5.74, 6) is -0.270. The van der Waals surface area contributed by atoms with Crippen LogP contribution in [0, 0.1) is 6.92 Å². The molecule has 0 radical (unpaired) electrons. The molecule has 0 atom stereocenters. The predicted octanol–water partition coefficient (Wildman–Crippen LogP) is 4.65. The number of hydrogen-bond acceptors (Lipinski definition) is 6. The Morgan fingerprint density at radius 1 is 0.893 bits per heavy atom. The average Bonchev–Trinajstić information content (AvgIpc) is 2.69. The molecule has 0 spiro atoms. The summed E-state index contributed by atoms with van der Waals surface area (Å²) in [5.41, 5.74) is 2.38. The first-order valence-corrected chi connectivity index (χ1v) is 9.73. The number of carbonyl (C=O) groups excluding carboxylic acids is 1. The smallest absolute Gasteiger partial charge is 0.322 e. The van der Waals surface area contributed by atoms with Crippen LogP contribution in [0.15, 0.2) is 94.2 Å². The Hall–Kier alpha value is -3.52. The number of rotatable bonds is 6. The molecule has 1 N–H and O–H groups in total. The molecule has 1 amide bonds. The largest absolute Gasteiger partial charge is 0.359 e. The topological polar surface area (TPSA) is 97.2 Å². The highest BCUT2D eigenvalue weighted by Crippen LogP contribution is 2.18. The Morgan fingerprint density at radius 3 is 2.18 bits per heavy atom. The monoisotopic (exact) mass is 395 g/mol. The van der Waals surface area contributed by atoms with Gasteiger partial charge in [-0.2, -0.15) is 8.42 Å². The third-order valence-electron chi connectivity index (χ3n) is 3.76. The maximum absolute atomic E-state index is 12.2. The van der Waals surface area contributed by atoms with Gasteiger partial charge in [-0.05, 0) is 55.5 Å². The Labute approximate surface area is 162 Å². The second-order valence-corrected chi connectivity index (χ2v) is 7.42. The first-order chi connectivity index (χ1) is 13.4. The summed E-state index contributed by atoms with van der Waals surface area (Å²) in [6, 6.07) is 21.4. The second kappa shape index (κ2) is 8.45. The molecule has 0 aliphatic rings. The molecule has 3 rings (SSSR count). The second-order valence-electron chi connectivity index (χ2n) is 5.89. The summed E-state index contributed by atoms with van der Waals surface area (Å²) in [6.45, 7) is 1.85. The summed E-state index contributed by atoms with van der Waals surface area (Å²) in [4.78, 5) is 12.2. The zero-order valence-corrected chi connectivity index (χ0v) is 15.8. The minimum Gasteiger partial charge on any atom is -0.322 e. The van der Waals surface area contributed by atoms with E-state index < -0.39 is 10.1 Å². The minimum atomic E-state index is -4.03. The van der Waals surface area contributed by atoms with Gasteiger partial charge in [-0.1, -0.05) is 35.9 Å². The average molecular weight is 395 g/mol. The van der Waals surface area contributed by atoms with Crippen molar-refractivity contribution in [1.29, 1.82) is 0 Å². The number of nitrogens with zero attached hydrogens (tertiary/aromatic N) is 2. The van der Waals surface area contributed by atoms with E-state index in [1.807, 2.05) is 25.1 Å².